The number of sulfonamides is 1. The van der Waals surface area contributed by atoms with Crippen LogP contribution in [0.15, 0.2) is 105 Å². The standard InChI is InChI=1S/C27H26N2O3S/c1-21-8-12-24(13-9-21)28-18-25-14-15-26(32-25)20-29(19-23-6-4-3-5-7-23)33(30,31)27-16-10-22(2)11-17-27/h3-18H,19-20H2,1-2H3. The molecule has 3 aromatic carbocycles. The van der Waals surface area contributed by atoms with E-state index in [0.29, 0.717) is 11.5 Å². The molecule has 0 aliphatic heterocycles. The number of hydrogen-bond donors (Lipinski definition) is 0. The molecule has 0 N–H and O–H groups in total. The third-order valence-corrected chi connectivity index (χ3v) is 7.06. The minimum Gasteiger partial charge on any atom is -0.459 e. The van der Waals surface area contributed by atoms with Gasteiger partial charge in [-0.1, -0.05) is 65.7 Å². The Hall–Kier alpha value is -3.48. The topological polar surface area (TPSA) is 62.9 Å². The zero-order chi connectivity index (χ0) is 23.3. The normalized spacial score (nSPS) is 12.0. The predicted octanol–water partition coefficient (Wildman–Crippen LogP) is 6.04. The summed E-state index contributed by atoms with van der Waals surface area (Å²) in [6.45, 7) is 4.31. The first kappa shape index (κ1) is 22.7. The predicted molar refractivity (Wildman–Crippen MR) is 131 cm³/mol. The van der Waals surface area contributed by atoms with Gasteiger partial charge in [0, 0.05) is 6.54 Å². The minimum absolute atomic E-state index is 0.115. The van der Waals surface area contributed by atoms with E-state index >= 15 is 0 Å². The molecule has 0 aliphatic carbocycles. The maximum atomic E-state index is 13.5. The van der Waals surface area contributed by atoms with Gasteiger partial charge in [0.05, 0.1) is 23.3 Å². The Bertz CT molecular complexity index is 1320. The van der Waals surface area contributed by atoms with E-state index in [1.165, 1.54) is 9.87 Å². The SMILES string of the molecule is Cc1ccc(N=Cc2ccc(CN(Cc3ccccc3)S(=O)(=O)c3ccc(C)cc3)o2)cc1. The van der Waals surface area contributed by atoms with Gasteiger partial charge < -0.3 is 4.42 Å². The van der Waals surface area contributed by atoms with E-state index < -0.39 is 10.0 Å². The van der Waals surface area contributed by atoms with Gasteiger partial charge in [-0.15, -0.1) is 0 Å². The van der Waals surface area contributed by atoms with Crippen LogP contribution in [0.5, 0.6) is 0 Å². The Labute approximate surface area is 195 Å². The highest BCUT2D eigenvalue weighted by atomic mass is 32.2. The molecule has 0 amide bonds. The van der Waals surface area contributed by atoms with Crippen LogP contribution < -0.4 is 0 Å². The fourth-order valence-corrected chi connectivity index (χ4v) is 4.76. The van der Waals surface area contributed by atoms with Crippen LogP contribution in [-0.2, 0) is 23.1 Å². The molecule has 1 aromatic heterocycles. The molecule has 0 atom stereocenters. The van der Waals surface area contributed by atoms with E-state index in [2.05, 4.69) is 4.99 Å². The van der Waals surface area contributed by atoms with Gasteiger partial charge in [0.1, 0.15) is 11.5 Å². The summed E-state index contributed by atoms with van der Waals surface area (Å²) >= 11 is 0. The van der Waals surface area contributed by atoms with Crippen molar-refractivity contribution >= 4 is 21.9 Å². The second kappa shape index (κ2) is 9.98. The molecule has 4 aromatic rings. The van der Waals surface area contributed by atoms with Gasteiger partial charge in [-0.2, -0.15) is 4.31 Å². The first-order valence-electron chi connectivity index (χ1n) is 10.7. The molecule has 0 bridgehead atoms. The number of nitrogens with zero attached hydrogens (tertiary/aromatic N) is 2. The summed E-state index contributed by atoms with van der Waals surface area (Å²) in [5, 5.41) is 0. The largest absolute Gasteiger partial charge is 0.459 e. The monoisotopic (exact) mass is 458 g/mol. The molecule has 0 saturated carbocycles. The van der Waals surface area contributed by atoms with E-state index in [1.807, 2.05) is 68.4 Å². The molecule has 0 fully saturated rings. The van der Waals surface area contributed by atoms with E-state index in [1.54, 1.807) is 42.6 Å². The zero-order valence-corrected chi connectivity index (χ0v) is 19.5. The van der Waals surface area contributed by atoms with Crippen molar-refractivity contribution < 1.29 is 12.8 Å². The van der Waals surface area contributed by atoms with Gasteiger partial charge in [-0.3, -0.25) is 4.99 Å². The third-order valence-electron chi connectivity index (χ3n) is 5.25. The molecular formula is C27H26N2O3S. The maximum absolute atomic E-state index is 13.5. The van der Waals surface area contributed by atoms with Crippen LogP contribution in [-0.4, -0.2) is 18.9 Å². The van der Waals surface area contributed by atoms with Gasteiger partial charge in [0.2, 0.25) is 10.0 Å². The quantitative estimate of drug-likeness (QED) is 0.303. The number of benzene rings is 3. The van der Waals surface area contributed by atoms with Crippen LogP contribution in [0.25, 0.3) is 0 Å². The summed E-state index contributed by atoms with van der Waals surface area (Å²) in [5.41, 5.74) is 3.90. The summed E-state index contributed by atoms with van der Waals surface area (Å²) in [6, 6.07) is 27.9. The number of furan rings is 1. The highest BCUT2D eigenvalue weighted by molar-refractivity contribution is 7.89. The third kappa shape index (κ3) is 5.86. The van der Waals surface area contributed by atoms with Crippen LogP contribution >= 0.6 is 0 Å². The highest BCUT2D eigenvalue weighted by Crippen LogP contribution is 2.23. The van der Waals surface area contributed by atoms with Crippen molar-refractivity contribution in [3.05, 3.63) is 119 Å². The minimum atomic E-state index is -3.72. The molecule has 5 nitrogen and oxygen atoms in total. The van der Waals surface area contributed by atoms with Gasteiger partial charge >= 0.3 is 0 Å². The van der Waals surface area contributed by atoms with Crippen LogP contribution in [0.1, 0.15) is 28.2 Å². The summed E-state index contributed by atoms with van der Waals surface area (Å²) in [6.07, 6.45) is 1.64. The molecule has 0 unspecified atom stereocenters. The van der Waals surface area contributed by atoms with E-state index in [-0.39, 0.29) is 18.0 Å². The molecule has 168 valence electrons. The van der Waals surface area contributed by atoms with Crippen molar-refractivity contribution in [3.63, 3.8) is 0 Å². The maximum Gasteiger partial charge on any atom is 0.243 e. The lowest BCUT2D eigenvalue weighted by Gasteiger charge is -2.21. The van der Waals surface area contributed by atoms with Gasteiger partial charge in [-0.25, -0.2) is 8.42 Å². The smallest absolute Gasteiger partial charge is 0.243 e. The van der Waals surface area contributed by atoms with Crippen molar-refractivity contribution in [1.29, 1.82) is 0 Å². The average Bonchev–Trinajstić information content (AvgIpc) is 3.27. The van der Waals surface area contributed by atoms with E-state index in [0.717, 1.165) is 16.8 Å². The van der Waals surface area contributed by atoms with Crippen molar-refractivity contribution in [1.82, 2.24) is 4.31 Å². The van der Waals surface area contributed by atoms with Gasteiger partial charge in [-0.05, 0) is 55.8 Å². The molecule has 0 saturated heterocycles. The summed E-state index contributed by atoms with van der Waals surface area (Å²) in [7, 11) is -3.72. The van der Waals surface area contributed by atoms with Crippen LogP contribution in [0.2, 0.25) is 0 Å². The second-order valence-corrected chi connectivity index (χ2v) is 9.91. The fourth-order valence-electron chi connectivity index (χ4n) is 3.36. The first-order valence-corrected chi connectivity index (χ1v) is 12.1. The van der Waals surface area contributed by atoms with Gasteiger partial charge in [0.25, 0.3) is 0 Å². The van der Waals surface area contributed by atoms with E-state index in [9.17, 15) is 8.42 Å². The molecular weight excluding hydrogens is 432 g/mol. The second-order valence-electron chi connectivity index (χ2n) is 7.97. The molecule has 1 heterocycles. The summed E-state index contributed by atoms with van der Waals surface area (Å²) in [5.74, 6) is 1.12. The number of aliphatic imine (C=N–C) groups is 1. The van der Waals surface area contributed by atoms with Crippen molar-refractivity contribution in [2.75, 3.05) is 0 Å². The Morgan fingerprint density at radius 1 is 0.788 bits per heavy atom. The van der Waals surface area contributed by atoms with Crippen LogP contribution in [0, 0.1) is 13.8 Å². The van der Waals surface area contributed by atoms with Crippen molar-refractivity contribution in [3.8, 4) is 0 Å². The summed E-state index contributed by atoms with van der Waals surface area (Å²) < 4.78 is 34.2. The molecule has 6 heteroatoms. The Morgan fingerprint density at radius 3 is 2.09 bits per heavy atom. The molecule has 4 rings (SSSR count). The molecule has 0 spiro atoms. The Balaban J connectivity index is 1.57. The number of aryl methyl sites for hydroxylation is 2. The lowest BCUT2D eigenvalue weighted by atomic mass is 10.2. The number of rotatable bonds is 8. The van der Waals surface area contributed by atoms with Gasteiger partial charge in [0.15, 0.2) is 0 Å². The average molecular weight is 459 g/mol. The highest BCUT2D eigenvalue weighted by Gasteiger charge is 2.26. The lowest BCUT2D eigenvalue weighted by Crippen LogP contribution is -2.30. The first-order chi connectivity index (χ1) is 15.9. The van der Waals surface area contributed by atoms with Crippen molar-refractivity contribution in [2.45, 2.75) is 31.8 Å². The Morgan fingerprint density at radius 2 is 1.42 bits per heavy atom. The fraction of sp³-hybridized carbons (Fsp3) is 0.148. The molecule has 33 heavy (non-hydrogen) atoms. The van der Waals surface area contributed by atoms with Crippen LogP contribution in [0.4, 0.5) is 5.69 Å². The lowest BCUT2D eigenvalue weighted by molar-refractivity contribution is 0.357. The van der Waals surface area contributed by atoms with Crippen LogP contribution in [0.3, 0.4) is 0 Å². The summed E-state index contributed by atoms with van der Waals surface area (Å²) in [4.78, 5) is 4.69. The van der Waals surface area contributed by atoms with Crippen molar-refractivity contribution in [2.24, 2.45) is 4.99 Å². The molecule has 0 radical (unpaired) electrons. The Kier molecular flexibility index (Phi) is 6.87. The number of hydrogen-bond acceptors (Lipinski definition) is 4. The van der Waals surface area contributed by atoms with E-state index in [4.69, 9.17) is 4.42 Å². The molecule has 0 aliphatic rings. The zero-order valence-electron chi connectivity index (χ0n) is 18.7.